The number of nitrogens with two attached hydrogens (primary N) is 1. The molecule has 1 amide bonds. The van der Waals surface area contributed by atoms with Crippen molar-refractivity contribution in [3.05, 3.63) is 71.8 Å². The molecule has 1 aliphatic heterocycles. The lowest BCUT2D eigenvalue weighted by atomic mass is 10.1. The Morgan fingerprint density at radius 1 is 1.00 bits per heavy atom. The third-order valence-corrected chi connectivity index (χ3v) is 4.47. The first kappa shape index (κ1) is 21.6. The van der Waals surface area contributed by atoms with Crippen molar-refractivity contribution < 1.29 is 14.7 Å². The van der Waals surface area contributed by atoms with Crippen LogP contribution in [0.4, 0.5) is 0 Å². The van der Waals surface area contributed by atoms with Gasteiger partial charge < -0.3 is 10.8 Å². The van der Waals surface area contributed by atoms with E-state index in [0.29, 0.717) is 6.42 Å². The molecule has 1 aliphatic rings. The van der Waals surface area contributed by atoms with Crippen molar-refractivity contribution >= 4 is 12.4 Å². The van der Waals surface area contributed by atoms with Crippen molar-refractivity contribution in [1.82, 2.24) is 15.3 Å². The number of aliphatic carboxylic acids is 1. The van der Waals surface area contributed by atoms with Gasteiger partial charge >= 0.3 is 5.97 Å². The van der Waals surface area contributed by atoms with E-state index in [2.05, 4.69) is 34.6 Å². The van der Waals surface area contributed by atoms with E-state index in [4.69, 9.17) is 10.8 Å². The van der Waals surface area contributed by atoms with E-state index in [9.17, 15) is 9.59 Å². The smallest absolute Gasteiger partial charge is 0.320 e. The Hall–Kier alpha value is -2.74. The van der Waals surface area contributed by atoms with E-state index >= 15 is 0 Å². The molecule has 0 radical (unpaired) electrons. The van der Waals surface area contributed by atoms with Gasteiger partial charge in [-0.25, -0.2) is 5.01 Å². The molecule has 2 aromatic carbocycles. The molecule has 7 nitrogen and oxygen atoms in total. The summed E-state index contributed by atoms with van der Waals surface area (Å²) in [6.45, 7) is 4.78. The molecule has 1 fully saturated rings. The minimum atomic E-state index is -0.959. The van der Waals surface area contributed by atoms with Crippen LogP contribution < -0.4 is 11.2 Å². The molecule has 1 saturated heterocycles. The number of carboxylic acids is 1. The van der Waals surface area contributed by atoms with Crippen LogP contribution in [0.15, 0.2) is 60.7 Å². The number of rotatable bonds is 7. The molecule has 0 bridgehead atoms. The predicted molar refractivity (Wildman–Crippen MR) is 108 cm³/mol. The average Bonchev–Trinajstić information content (AvgIpc) is 2.72. The Morgan fingerprint density at radius 3 is 2.04 bits per heavy atom. The quantitative estimate of drug-likeness (QED) is 0.619. The fourth-order valence-corrected chi connectivity index (χ4v) is 2.91. The highest BCUT2D eigenvalue weighted by atomic mass is 16.4. The van der Waals surface area contributed by atoms with Gasteiger partial charge in [-0.2, -0.15) is 0 Å². The van der Waals surface area contributed by atoms with Gasteiger partial charge in [0.2, 0.25) is 6.41 Å². The Bertz CT molecular complexity index is 704. The number of benzene rings is 2. The lowest BCUT2D eigenvalue weighted by Crippen LogP contribution is -2.51. The number of hydrogen-bond donors (Lipinski definition) is 3. The highest BCUT2D eigenvalue weighted by Gasteiger charge is 2.15. The van der Waals surface area contributed by atoms with Gasteiger partial charge in [-0.05, 0) is 17.5 Å². The molecule has 3 rings (SSSR count). The zero-order valence-corrected chi connectivity index (χ0v) is 15.9. The molecule has 1 atom stereocenters. The van der Waals surface area contributed by atoms with Crippen LogP contribution in [-0.4, -0.2) is 59.6 Å². The summed E-state index contributed by atoms with van der Waals surface area (Å²) in [7, 11) is 0. The van der Waals surface area contributed by atoms with Gasteiger partial charge in [0.05, 0.1) is 0 Å². The molecule has 1 heterocycles. The minimum absolute atomic E-state index is 0.385. The van der Waals surface area contributed by atoms with E-state index in [-0.39, 0.29) is 0 Å². The SMILES string of the molecule is N[C@H](Cc1ccccc1)C(=O)O.O=CNN1CCN(Cc2ccccc2)CC1. The lowest BCUT2D eigenvalue weighted by molar-refractivity contribution is -0.138. The van der Waals surface area contributed by atoms with Gasteiger partial charge in [0, 0.05) is 32.7 Å². The average molecular weight is 384 g/mol. The molecule has 0 spiro atoms. The van der Waals surface area contributed by atoms with E-state index in [1.165, 1.54) is 5.56 Å². The first-order valence-electron chi connectivity index (χ1n) is 9.32. The zero-order chi connectivity index (χ0) is 20.2. The van der Waals surface area contributed by atoms with Crippen LogP contribution >= 0.6 is 0 Å². The maximum atomic E-state index is 10.4. The van der Waals surface area contributed by atoms with Gasteiger partial charge in [-0.1, -0.05) is 60.7 Å². The van der Waals surface area contributed by atoms with Crippen molar-refractivity contribution in [2.45, 2.75) is 19.0 Å². The van der Waals surface area contributed by atoms with Gasteiger partial charge in [-0.15, -0.1) is 0 Å². The minimum Gasteiger partial charge on any atom is -0.480 e. The summed E-state index contributed by atoms with van der Waals surface area (Å²) in [6.07, 6.45) is 1.13. The molecule has 2 aromatic rings. The van der Waals surface area contributed by atoms with Crippen molar-refractivity contribution in [2.24, 2.45) is 5.73 Å². The number of amides is 1. The molecule has 0 saturated carbocycles. The fraction of sp³-hybridized carbons (Fsp3) is 0.333. The van der Waals surface area contributed by atoms with Gasteiger partial charge in [0.1, 0.15) is 6.04 Å². The number of piperazine rings is 1. The largest absolute Gasteiger partial charge is 0.480 e. The second-order valence-electron chi connectivity index (χ2n) is 6.63. The van der Waals surface area contributed by atoms with Crippen molar-refractivity contribution in [1.29, 1.82) is 0 Å². The number of carbonyl (C=O) groups is 2. The number of carbonyl (C=O) groups excluding carboxylic acids is 1. The van der Waals surface area contributed by atoms with Crippen LogP contribution in [0.25, 0.3) is 0 Å². The normalized spacial score (nSPS) is 15.8. The monoisotopic (exact) mass is 384 g/mol. The second kappa shape index (κ2) is 11.9. The van der Waals surface area contributed by atoms with Crippen LogP contribution in [0.1, 0.15) is 11.1 Å². The maximum Gasteiger partial charge on any atom is 0.320 e. The van der Waals surface area contributed by atoms with Crippen LogP contribution in [-0.2, 0) is 22.6 Å². The van der Waals surface area contributed by atoms with Crippen molar-refractivity contribution in [2.75, 3.05) is 26.2 Å². The molecule has 0 aliphatic carbocycles. The van der Waals surface area contributed by atoms with E-state index in [1.54, 1.807) is 0 Å². The molecule has 0 unspecified atom stereocenters. The van der Waals surface area contributed by atoms with E-state index in [1.807, 2.05) is 41.4 Å². The number of nitrogens with one attached hydrogen (secondary N) is 1. The molecular weight excluding hydrogens is 356 g/mol. The summed E-state index contributed by atoms with van der Waals surface area (Å²) < 4.78 is 0. The summed E-state index contributed by atoms with van der Waals surface area (Å²) in [6, 6.07) is 19.0. The molecule has 4 N–H and O–H groups in total. The predicted octanol–water partition coefficient (Wildman–Crippen LogP) is 1.11. The summed E-state index contributed by atoms with van der Waals surface area (Å²) in [4.78, 5) is 23.1. The first-order chi connectivity index (χ1) is 13.6. The van der Waals surface area contributed by atoms with Gasteiger partial charge in [0.25, 0.3) is 0 Å². The number of hydrogen-bond acceptors (Lipinski definition) is 5. The molecule has 28 heavy (non-hydrogen) atoms. The number of hydrazine groups is 1. The Labute approximate surface area is 165 Å². The van der Waals surface area contributed by atoms with Crippen molar-refractivity contribution in [3.8, 4) is 0 Å². The fourth-order valence-electron chi connectivity index (χ4n) is 2.91. The zero-order valence-electron chi connectivity index (χ0n) is 15.9. The van der Waals surface area contributed by atoms with Crippen LogP contribution in [0.2, 0.25) is 0 Å². The topological polar surface area (TPSA) is 98.9 Å². The van der Waals surface area contributed by atoms with E-state index in [0.717, 1.165) is 44.7 Å². The lowest BCUT2D eigenvalue weighted by Gasteiger charge is -2.33. The van der Waals surface area contributed by atoms with E-state index < -0.39 is 12.0 Å². The Kier molecular flexibility index (Phi) is 9.14. The number of nitrogens with zero attached hydrogens (tertiary/aromatic N) is 2. The summed E-state index contributed by atoms with van der Waals surface area (Å²) in [5.41, 5.74) is 10.3. The van der Waals surface area contributed by atoms with Crippen molar-refractivity contribution in [3.63, 3.8) is 0 Å². The molecular formula is C21H28N4O3. The molecule has 7 heteroatoms. The maximum absolute atomic E-state index is 10.4. The molecule has 0 aromatic heterocycles. The summed E-state index contributed by atoms with van der Waals surface area (Å²) in [5, 5.41) is 10.5. The summed E-state index contributed by atoms with van der Waals surface area (Å²) in [5.74, 6) is -0.959. The third-order valence-electron chi connectivity index (χ3n) is 4.47. The molecule has 150 valence electrons. The number of carboxylic acid groups (broad SMARTS) is 1. The van der Waals surface area contributed by atoms with Gasteiger partial charge in [-0.3, -0.25) is 19.9 Å². The second-order valence-corrected chi connectivity index (χ2v) is 6.63. The highest BCUT2D eigenvalue weighted by molar-refractivity contribution is 5.73. The van der Waals surface area contributed by atoms with Crippen LogP contribution in [0.3, 0.4) is 0 Å². The first-order valence-corrected chi connectivity index (χ1v) is 9.32. The third kappa shape index (κ3) is 7.87. The summed E-state index contributed by atoms with van der Waals surface area (Å²) >= 11 is 0. The Morgan fingerprint density at radius 2 is 1.54 bits per heavy atom. The van der Waals surface area contributed by atoms with Crippen LogP contribution in [0, 0.1) is 0 Å². The van der Waals surface area contributed by atoms with Crippen LogP contribution in [0.5, 0.6) is 0 Å². The van der Waals surface area contributed by atoms with Gasteiger partial charge in [0.15, 0.2) is 0 Å². The Balaban J connectivity index is 0.000000209. The highest BCUT2D eigenvalue weighted by Crippen LogP contribution is 2.07. The standard InChI is InChI=1S/C12H17N3O.C9H11NO2/c16-11-13-15-8-6-14(7-9-15)10-12-4-2-1-3-5-12;10-8(9(11)12)6-7-4-2-1-3-5-7/h1-5,11H,6-10H2,(H,13,16);1-5,8H,6,10H2,(H,11,12)/t;8-/m.1/s1.